The van der Waals surface area contributed by atoms with E-state index in [2.05, 4.69) is 17.2 Å². The molecule has 0 radical (unpaired) electrons. The second-order valence-corrected chi connectivity index (χ2v) is 5.34. The summed E-state index contributed by atoms with van der Waals surface area (Å²) >= 11 is 1.75. The summed E-state index contributed by atoms with van der Waals surface area (Å²) in [5, 5.41) is 4.41. The minimum atomic E-state index is -0.215. The fraction of sp³-hybridized carbons (Fsp3) is 0.750. The molecule has 0 aliphatic carbocycles. The van der Waals surface area contributed by atoms with Crippen LogP contribution in [0.3, 0.4) is 0 Å². The van der Waals surface area contributed by atoms with Crippen molar-refractivity contribution in [2.45, 2.75) is 31.9 Å². The first kappa shape index (κ1) is 13.0. The predicted octanol–water partition coefficient (Wildman–Crippen LogP) is 1.90. The monoisotopic (exact) mass is 256 g/mol. The van der Waals surface area contributed by atoms with Crippen molar-refractivity contribution in [2.24, 2.45) is 0 Å². The zero-order valence-electron chi connectivity index (χ0n) is 10.5. The van der Waals surface area contributed by atoms with Gasteiger partial charge in [0.2, 0.25) is 0 Å². The number of hydrogen-bond donors (Lipinski definition) is 1. The molecule has 1 fully saturated rings. The molecule has 0 unspecified atom stereocenters. The van der Waals surface area contributed by atoms with Gasteiger partial charge in [0, 0.05) is 50.8 Å². The molecular formula is C12H20N2O2S. The van der Waals surface area contributed by atoms with Crippen molar-refractivity contribution in [2.75, 3.05) is 26.9 Å². The zero-order valence-corrected chi connectivity index (χ0v) is 11.3. The van der Waals surface area contributed by atoms with Crippen molar-refractivity contribution in [1.82, 2.24) is 10.3 Å². The lowest BCUT2D eigenvalue weighted by atomic mass is 9.95. The Labute approximate surface area is 106 Å². The normalized spacial score (nSPS) is 19.4. The number of methoxy groups -OCH3 is 1. The van der Waals surface area contributed by atoms with Crippen LogP contribution in [0.15, 0.2) is 6.20 Å². The van der Waals surface area contributed by atoms with Crippen LogP contribution in [0.5, 0.6) is 0 Å². The Morgan fingerprint density at radius 1 is 1.53 bits per heavy atom. The summed E-state index contributed by atoms with van der Waals surface area (Å²) < 4.78 is 11.1. The highest BCUT2D eigenvalue weighted by molar-refractivity contribution is 7.11. The molecule has 0 spiro atoms. The highest BCUT2D eigenvalue weighted by Crippen LogP contribution is 2.37. The van der Waals surface area contributed by atoms with Crippen LogP contribution in [0.25, 0.3) is 0 Å². The molecule has 0 atom stereocenters. The topological polar surface area (TPSA) is 43.4 Å². The van der Waals surface area contributed by atoms with Crippen LogP contribution in [0.2, 0.25) is 0 Å². The maximum atomic E-state index is 5.73. The summed E-state index contributed by atoms with van der Waals surface area (Å²) in [6.45, 7) is 5.50. The van der Waals surface area contributed by atoms with Crippen molar-refractivity contribution in [3.63, 3.8) is 0 Å². The van der Waals surface area contributed by atoms with Gasteiger partial charge in [-0.1, -0.05) is 6.92 Å². The first-order valence-corrected chi connectivity index (χ1v) is 6.91. The third-order valence-electron chi connectivity index (χ3n) is 3.18. The van der Waals surface area contributed by atoms with Crippen LogP contribution < -0.4 is 5.32 Å². The molecule has 0 aromatic carbocycles. The summed E-state index contributed by atoms with van der Waals surface area (Å²) in [6.07, 6.45) is 3.76. The molecule has 96 valence electrons. The average Bonchev–Trinajstić information content (AvgIpc) is 2.86. The van der Waals surface area contributed by atoms with E-state index in [4.69, 9.17) is 9.47 Å². The highest BCUT2D eigenvalue weighted by Gasteiger charge is 2.37. The van der Waals surface area contributed by atoms with E-state index in [1.54, 1.807) is 18.4 Å². The van der Waals surface area contributed by atoms with Crippen molar-refractivity contribution in [3.05, 3.63) is 16.1 Å². The number of ether oxygens (including phenoxy) is 2. The maximum Gasteiger partial charge on any atom is 0.125 e. The summed E-state index contributed by atoms with van der Waals surface area (Å²) in [6, 6.07) is 0. The van der Waals surface area contributed by atoms with Crippen LogP contribution in [0.4, 0.5) is 0 Å². The number of rotatable bonds is 5. The Morgan fingerprint density at radius 2 is 2.29 bits per heavy atom. The van der Waals surface area contributed by atoms with Crippen molar-refractivity contribution in [1.29, 1.82) is 0 Å². The third kappa shape index (κ3) is 2.85. The predicted molar refractivity (Wildman–Crippen MR) is 68.2 cm³/mol. The van der Waals surface area contributed by atoms with Gasteiger partial charge in [-0.25, -0.2) is 4.98 Å². The third-order valence-corrected chi connectivity index (χ3v) is 4.37. The lowest BCUT2D eigenvalue weighted by Crippen LogP contribution is -2.35. The molecule has 17 heavy (non-hydrogen) atoms. The Bertz CT molecular complexity index is 348. The van der Waals surface area contributed by atoms with Gasteiger partial charge < -0.3 is 14.8 Å². The average molecular weight is 256 g/mol. The molecule has 1 saturated heterocycles. The van der Waals surface area contributed by atoms with Gasteiger partial charge in [-0.3, -0.25) is 0 Å². The van der Waals surface area contributed by atoms with Crippen molar-refractivity contribution in [3.8, 4) is 0 Å². The fourth-order valence-corrected chi connectivity index (χ4v) is 3.16. The van der Waals surface area contributed by atoms with E-state index in [0.717, 1.165) is 44.2 Å². The summed E-state index contributed by atoms with van der Waals surface area (Å²) in [7, 11) is 1.77. The quantitative estimate of drug-likeness (QED) is 0.874. The molecule has 1 aliphatic heterocycles. The van der Waals surface area contributed by atoms with Crippen LogP contribution in [0.1, 0.15) is 29.7 Å². The van der Waals surface area contributed by atoms with Crippen molar-refractivity contribution >= 4 is 11.3 Å². The lowest BCUT2D eigenvalue weighted by Gasteiger charge is -2.33. The lowest BCUT2D eigenvalue weighted by molar-refractivity contribution is -0.0948. The van der Waals surface area contributed by atoms with Gasteiger partial charge in [0.15, 0.2) is 0 Å². The van der Waals surface area contributed by atoms with E-state index in [9.17, 15) is 0 Å². The largest absolute Gasteiger partial charge is 0.381 e. The minimum Gasteiger partial charge on any atom is -0.381 e. The van der Waals surface area contributed by atoms with E-state index < -0.39 is 0 Å². The Hall–Kier alpha value is -0.490. The van der Waals surface area contributed by atoms with Crippen molar-refractivity contribution < 1.29 is 9.47 Å². The Kier molecular flexibility index (Phi) is 4.50. The summed E-state index contributed by atoms with van der Waals surface area (Å²) in [4.78, 5) is 5.80. The number of nitrogens with one attached hydrogen (secondary N) is 1. The van der Waals surface area contributed by atoms with Gasteiger partial charge in [-0.05, 0) is 6.54 Å². The summed E-state index contributed by atoms with van der Waals surface area (Å²) in [5.74, 6) is 0. The molecule has 0 bridgehead atoms. The van der Waals surface area contributed by atoms with Crippen LogP contribution in [-0.4, -0.2) is 31.9 Å². The fourth-order valence-electron chi connectivity index (χ4n) is 2.05. The number of hydrogen-bond acceptors (Lipinski definition) is 5. The number of nitrogens with zero attached hydrogens (tertiary/aromatic N) is 1. The number of thiazole rings is 1. The molecule has 1 aliphatic rings. The van der Waals surface area contributed by atoms with Crippen LogP contribution >= 0.6 is 11.3 Å². The molecule has 0 amide bonds. The molecule has 1 N–H and O–H groups in total. The van der Waals surface area contributed by atoms with Gasteiger partial charge in [-0.2, -0.15) is 0 Å². The van der Waals surface area contributed by atoms with Gasteiger partial charge in [0.05, 0.1) is 0 Å². The molecule has 1 aromatic rings. The van der Waals surface area contributed by atoms with Gasteiger partial charge in [-0.15, -0.1) is 11.3 Å². The van der Waals surface area contributed by atoms with Crippen LogP contribution in [-0.2, 0) is 21.6 Å². The van der Waals surface area contributed by atoms with E-state index >= 15 is 0 Å². The van der Waals surface area contributed by atoms with E-state index in [1.165, 1.54) is 4.88 Å². The molecule has 0 saturated carbocycles. The van der Waals surface area contributed by atoms with E-state index in [-0.39, 0.29) is 5.60 Å². The molecule has 2 rings (SSSR count). The summed E-state index contributed by atoms with van der Waals surface area (Å²) in [5.41, 5.74) is -0.215. The molecule has 5 heteroatoms. The number of aromatic nitrogens is 1. The molecule has 4 nitrogen and oxygen atoms in total. The van der Waals surface area contributed by atoms with E-state index in [1.807, 2.05) is 6.20 Å². The smallest absolute Gasteiger partial charge is 0.125 e. The van der Waals surface area contributed by atoms with E-state index in [0.29, 0.717) is 0 Å². The van der Waals surface area contributed by atoms with Gasteiger partial charge in [0.1, 0.15) is 10.6 Å². The first-order chi connectivity index (χ1) is 8.30. The Balaban J connectivity index is 2.10. The molecule has 2 heterocycles. The standard InChI is InChI=1S/C12H20N2O2S/c1-3-13-8-10-9-14-11(17-10)12(15-2)4-6-16-7-5-12/h9,13H,3-8H2,1-2H3. The minimum absolute atomic E-state index is 0.215. The Morgan fingerprint density at radius 3 is 2.94 bits per heavy atom. The van der Waals surface area contributed by atoms with Gasteiger partial charge in [0.25, 0.3) is 0 Å². The van der Waals surface area contributed by atoms with Gasteiger partial charge >= 0.3 is 0 Å². The molecular weight excluding hydrogens is 236 g/mol. The zero-order chi connectivity index (χ0) is 12.1. The highest BCUT2D eigenvalue weighted by atomic mass is 32.1. The maximum absolute atomic E-state index is 5.73. The SMILES string of the molecule is CCNCc1cnc(C2(OC)CCOCC2)s1. The van der Waals surface area contributed by atoms with Crippen LogP contribution in [0, 0.1) is 0 Å². The first-order valence-electron chi connectivity index (χ1n) is 6.09. The second kappa shape index (κ2) is 5.91. The molecule has 1 aromatic heterocycles. The second-order valence-electron chi connectivity index (χ2n) is 4.22.